The van der Waals surface area contributed by atoms with E-state index >= 15 is 4.39 Å². The molecule has 6 nitrogen and oxygen atoms in total. The van der Waals surface area contributed by atoms with Crippen molar-refractivity contribution in [1.29, 1.82) is 0 Å². The Morgan fingerprint density at radius 2 is 1.72 bits per heavy atom. The second-order valence-electron chi connectivity index (χ2n) is 8.10. The summed E-state index contributed by atoms with van der Waals surface area (Å²) in [6, 6.07) is 13.2. The zero-order valence-electron chi connectivity index (χ0n) is 18.7. The molecule has 0 aliphatic carbocycles. The van der Waals surface area contributed by atoms with Crippen molar-refractivity contribution in [2.75, 3.05) is 0 Å². The van der Waals surface area contributed by atoms with E-state index in [1.165, 1.54) is 40.9 Å². The highest BCUT2D eigenvalue weighted by atomic mass is 32.1. The van der Waals surface area contributed by atoms with Crippen molar-refractivity contribution in [2.45, 2.75) is 13.1 Å². The third-order valence-corrected chi connectivity index (χ3v) is 7.98. The summed E-state index contributed by atoms with van der Waals surface area (Å²) < 4.78 is 31.6. The fourth-order valence-electron chi connectivity index (χ4n) is 4.04. The van der Waals surface area contributed by atoms with Crippen LogP contribution in [0.15, 0.2) is 60.9 Å². The highest BCUT2D eigenvalue weighted by Crippen LogP contribution is 2.42. The van der Waals surface area contributed by atoms with Crippen LogP contribution in [0.25, 0.3) is 52.8 Å². The fraction of sp³-hybridized carbons (Fsp3) is 0.0769. The van der Waals surface area contributed by atoms with E-state index in [0.29, 0.717) is 50.1 Å². The second kappa shape index (κ2) is 9.07. The van der Waals surface area contributed by atoms with Crippen molar-refractivity contribution in [1.82, 2.24) is 19.9 Å². The van der Waals surface area contributed by atoms with E-state index in [1.54, 1.807) is 18.5 Å². The summed E-state index contributed by atoms with van der Waals surface area (Å²) in [5, 5.41) is 1.31. The Bertz CT molecular complexity index is 1740. The summed E-state index contributed by atoms with van der Waals surface area (Å²) in [6.45, 7) is 0.686. The number of halogens is 2. The molecule has 0 unspecified atom stereocenters. The van der Waals surface area contributed by atoms with Crippen LogP contribution in [0, 0.1) is 11.6 Å². The molecule has 10 heteroatoms. The van der Waals surface area contributed by atoms with Gasteiger partial charge in [-0.05, 0) is 42.0 Å². The van der Waals surface area contributed by atoms with Crippen LogP contribution in [-0.4, -0.2) is 19.9 Å². The van der Waals surface area contributed by atoms with E-state index < -0.39 is 11.6 Å². The van der Waals surface area contributed by atoms with Gasteiger partial charge in [0.1, 0.15) is 21.6 Å². The Morgan fingerprint density at radius 1 is 0.833 bits per heavy atom. The Hall–Kier alpha value is -3.70. The smallest absolute Gasteiger partial charge is 0.143 e. The van der Waals surface area contributed by atoms with E-state index in [9.17, 15) is 4.39 Å². The molecule has 4 aromatic heterocycles. The number of rotatable bonds is 5. The van der Waals surface area contributed by atoms with Crippen LogP contribution >= 0.6 is 22.7 Å². The Kier molecular flexibility index (Phi) is 5.73. The zero-order valence-corrected chi connectivity index (χ0v) is 20.3. The van der Waals surface area contributed by atoms with Crippen molar-refractivity contribution in [3.8, 4) is 32.4 Å². The van der Waals surface area contributed by atoms with E-state index in [2.05, 4.69) is 15.0 Å². The van der Waals surface area contributed by atoms with Crippen LogP contribution in [0.2, 0.25) is 0 Å². The van der Waals surface area contributed by atoms with Gasteiger partial charge in [-0.15, -0.1) is 22.7 Å². The lowest BCUT2D eigenvalue weighted by Gasteiger charge is -2.06. The van der Waals surface area contributed by atoms with Crippen molar-refractivity contribution in [3.05, 3.63) is 83.8 Å². The van der Waals surface area contributed by atoms with Gasteiger partial charge < -0.3 is 11.5 Å². The Labute approximate surface area is 212 Å². The maximum absolute atomic E-state index is 15.4. The average Bonchev–Trinajstić information content (AvgIpc) is 3.53. The molecule has 0 spiro atoms. The van der Waals surface area contributed by atoms with Crippen molar-refractivity contribution in [2.24, 2.45) is 11.5 Å². The number of hydrogen-bond donors (Lipinski definition) is 2. The van der Waals surface area contributed by atoms with Crippen LogP contribution in [0.1, 0.15) is 11.3 Å². The van der Waals surface area contributed by atoms with Crippen LogP contribution < -0.4 is 11.5 Å². The molecule has 0 aliphatic rings. The van der Waals surface area contributed by atoms with Gasteiger partial charge >= 0.3 is 0 Å². The summed E-state index contributed by atoms with van der Waals surface area (Å²) >= 11 is 2.76. The molecule has 36 heavy (non-hydrogen) atoms. The molecule has 2 aromatic carbocycles. The molecule has 178 valence electrons. The standard InChI is InChI=1S/C26H18F2N6S2/c27-15-8-17(24-20(9-15)33-26(36-24)19-3-1-13(10-29)12-32-19)22-18(28)2-4-21-23(22)34-25(35-21)14-5-6-31-16(7-14)11-30/h1-9,12H,10-11,29-30H2. The van der Waals surface area contributed by atoms with Crippen LogP contribution in [-0.2, 0) is 13.1 Å². The third kappa shape index (κ3) is 3.94. The highest BCUT2D eigenvalue weighted by Gasteiger charge is 2.21. The minimum absolute atomic E-state index is 0.245. The maximum Gasteiger partial charge on any atom is 0.143 e. The van der Waals surface area contributed by atoms with Crippen LogP contribution in [0.3, 0.4) is 0 Å². The first-order valence-corrected chi connectivity index (χ1v) is 12.7. The van der Waals surface area contributed by atoms with Crippen LogP contribution in [0.4, 0.5) is 8.78 Å². The van der Waals surface area contributed by atoms with Gasteiger partial charge in [0.15, 0.2) is 0 Å². The van der Waals surface area contributed by atoms with Gasteiger partial charge in [0.2, 0.25) is 0 Å². The molecule has 0 saturated heterocycles. The molecule has 0 atom stereocenters. The molecule has 6 rings (SSSR count). The minimum atomic E-state index is -0.505. The first-order valence-electron chi connectivity index (χ1n) is 11.0. The van der Waals surface area contributed by atoms with E-state index in [0.717, 1.165) is 21.5 Å². The largest absolute Gasteiger partial charge is 0.326 e. The molecule has 0 fully saturated rings. The van der Waals surface area contributed by atoms with Crippen molar-refractivity contribution in [3.63, 3.8) is 0 Å². The maximum atomic E-state index is 15.4. The molecule has 0 aliphatic heterocycles. The predicted molar refractivity (Wildman–Crippen MR) is 140 cm³/mol. The van der Waals surface area contributed by atoms with Crippen LogP contribution in [0.5, 0.6) is 0 Å². The number of pyridine rings is 2. The first-order chi connectivity index (χ1) is 17.5. The quantitative estimate of drug-likeness (QED) is 0.296. The topological polar surface area (TPSA) is 104 Å². The van der Waals surface area contributed by atoms with Gasteiger partial charge in [0.25, 0.3) is 0 Å². The lowest BCUT2D eigenvalue weighted by Crippen LogP contribution is -1.98. The third-order valence-electron chi connectivity index (χ3n) is 5.79. The molecular weight excluding hydrogens is 498 g/mol. The number of hydrogen-bond acceptors (Lipinski definition) is 8. The number of nitrogens with two attached hydrogens (primary N) is 2. The molecular formula is C26H18F2N6S2. The number of benzene rings is 2. The van der Waals surface area contributed by atoms with E-state index in [-0.39, 0.29) is 5.56 Å². The molecule has 0 radical (unpaired) electrons. The molecule has 6 aromatic rings. The second-order valence-corrected chi connectivity index (χ2v) is 10.1. The monoisotopic (exact) mass is 516 g/mol. The summed E-state index contributed by atoms with van der Waals surface area (Å²) in [7, 11) is 0. The zero-order chi connectivity index (χ0) is 24.8. The molecule has 4 heterocycles. The van der Waals surface area contributed by atoms with Gasteiger partial charge in [0.05, 0.1) is 31.8 Å². The normalized spacial score (nSPS) is 11.6. The lowest BCUT2D eigenvalue weighted by atomic mass is 10.0. The number of thiazole rings is 2. The number of aromatic nitrogens is 4. The predicted octanol–water partition coefficient (Wildman–Crippen LogP) is 5.89. The first kappa shape index (κ1) is 22.7. The molecule has 0 bridgehead atoms. The van der Waals surface area contributed by atoms with E-state index in [1.807, 2.05) is 24.3 Å². The summed E-state index contributed by atoms with van der Waals surface area (Å²) in [4.78, 5) is 18.0. The Balaban J connectivity index is 1.55. The van der Waals surface area contributed by atoms with Gasteiger partial charge in [0, 0.05) is 48.2 Å². The number of nitrogens with zero attached hydrogens (tertiary/aromatic N) is 4. The minimum Gasteiger partial charge on any atom is -0.326 e. The van der Waals surface area contributed by atoms with Gasteiger partial charge in [-0.2, -0.15) is 0 Å². The van der Waals surface area contributed by atoms with Gasteiger partial charge in [-0.25, -0.2) is 18.7 Å². The number of fused-ring (bicyclic) bond motifs is 2. The van der Waals surface area contributed by atoms with E-state index in [4.69, 9.17) is 16.5 Å². The summed E-state index contributed by atoms with van der Waals surface area (Å²) in [6.07, 6.45) is 3.36. The molecule has 4 N–H and O–H groups in total. The highest BCUT2D eigenvalue weighted by molar-refractivity contribution is 7.22. The lowest BCUT2D eigenvalue weighted by molar-refractivity contribution is 0.627. The summed E-state index contributed by atoms with van der Waals surface area (Å²) in [5.74, 6) is -0.988. The van der Waals surface area contributed by atoms with Gasteiger partial charge in [-0.1, -0.05) is 6.07 Å². The molecule has 0 saturated carbocycles. The fourth-order valence-corrected chi connectivity index (χ4v) is 6.05. The molecule has 0 amide bonds. The van der Waals surface area contributed by atoms with Crippen molar-refractivity contribution >= 4 is 43.1 Å². The average molecular weight is 517 g/mol. The Morgan fingerprint density at radius 3 is 2.50 bits per heavy atom. The van der Waals surface area contributed by atoms with Gasteiger partial charge in [-0.3, -0.25) is 9.97 Å². The van der Waals surface area contributed by atoms with Crippen molar-refractivity contribution < 1.29 is 8.78 Å². The SMILES string of the molecule is NCc1ccc(-c2nc3cc(F)cc(-c4c(F)ccc5sc(-c6ccnc(CN)c6)nc45)c3s2)nc1. The summed E-state index contributed by atoms with van der Waals surface area (Å²) in [5.41, 5.74) is 16.1.